The van der Waals surface area contributed by atoms with Gasteiger partial charge >= 0.3 is 6.03 Å². The van der Waals surface area contributed by atoms with Crippen molar-refractivity contribution in [1.82, 2.24) is 15.0 Å². The molecule has 4 rings (SSSR count). The predicted octanol–water partition coefficient (Wildman–Crippen LogP) is 5.27. The molecule has 0 aliphatic heterocycles. The van der Waals surface area contributed by atoms with E-state index in [-0.39, 0.29) is 45.0 Å². The molecular formula is C22H18Cl3N9O7S2. The first-order chi connectivity index (χ1) is 19.9. The Labute approximate surface area is 258 Å². The number of rotatable bonds is 8. The highest BCUT2D eigenvalue weighted by atomic mass is 35.5. The van der Waals surface area contributed by atoms with Crippen LogP contribution >= 0.6 is 35.2 Å². The van der Waals surface area contributed by atoms with E-state index in [4.69, 9.17) is 40.9 Å². The molecule has 0 unspecified atom stereocenters. The molecule has 1 aromatic heterocycles. The Morgan fingerprint density at radius 1 is 0.907 bits per heavy atom. The number of fused-ring (bicyclic) bond motifs is 1. The highest BCUT2D eigenvalue weighted by molar-refractivity contribution is 7.86. The average molecular weight is 691 g/mol. The zero-order chi connectivity index (χ0) is 31.9. The molecular weight excluding hydrogens is 673 g/mol. The number of aromatic nitrogens is 3. The molecule has 0 radical (unpaired) electrons. The molecule has 0 saturated carbocycles. The highest BCUT2D eigenvalue weighted by Gasteiger charge is 2.22. The van der Waals surface area contributed by atoms with Gasteiger partial charge in [0.05, 0.1) is 11.4 Å². The summed E-state index contributed by atoms with van der Waals surface area (Å²) in [5, 5.41) is 9.91. The van der Waals surface area contributed by atoms with Gasteiger partial charge in [-0.15, -0.1) is 10.2 Å². The number of nitrogens with one attached hydrogen (secondary N) is 1. The van der Waals surface area contributed by atoms with Crippen molar-refractivity contribution in [1.29, 1.82) is 0 Å². The minimum atomic E-state index is -4.90. The van der Waals surface area contributed by atoms with Gasteiger partial charge in [-0.1, -0.05) is 6.07 Å². The average Bonchev–Trinajstić information content (AvgIpc) is 2.89. The van der Waals surface area contributed by atoms with Gasteiger partial charge in [0.15, 0.2) is 0 Å². The number of urea groups is 1. The van der Waals surface area contributed by atoms with Gasteiger partial charge in [-0.2, -0.15) is 31.8 Å². The van der Waals surface area contributed by atoms with E-state index in [9.17, 15) is 30.7 Å². The zero-order valence-corrected chi connectivity index (χ0v) is 25.5. The van der Waals surface area contributed by atoms with Crippen LogP contribution in [0, 0.1) is 6.92 Å². The molecule has 0 atom stereocenters. The second-order valence-electron chi connectivity index (χ2n) is 8.61. The molecule has 4 aromatic rings. The lowest BCUT2D eigenvalue weighted by Crippen LogP contribution is -2.19. The molecule has 0 spiro atoms. The van der Waals surface area contributed by atoms with Crippen LogP contribution in [0.1, 0.15) is 5.56 Å². The maximum atomic E-state index is 12.2. The third-order valence-corrected chi connectivity index (χ3v) is 7.90. The minimum Gasteiger partial charge on any atom is -0.351 e. The number of hydrogen-bond acceptors (Lipinski definition) is 12. The normalized spacial score (nSPS) is 12.1. The van der Waals surface area contributed by atoms with Crippen molar-refractivity contribution in [3.63, 3.8) is 0 Å². The second-order valence-corrected chi connectivity index (χ2v) is 12.6. The Kier molecular flexibility index (Phi) is 8.93. The Hall–Kier alpha value is -3.91. The first kappa shape index (κ1) is 32.0. The Morgan fingerprint density at radius 2 is 1.53 bits per heavy atom. The number of carbonyl (C=O) groups is 1. The van der Waals surface area contributed by atoms with Gasteiger partial charge in [0.25, 0.3) is 26.2 Å². The van der Waals surface area contributed by atoms with E-state index in [0.29, 0.717) is 5.56 Å². The number of primary amides is 1. The molecule has 5 N–H and O–H groups in total. The second kappa shape index (κ2) is 12.0. The molecule has 0 fully saturated rings. The molecule has 0 aliphatic rings. The number of benzene rings is 3. The summed E-state index contributed by atoms with van der Waals surface area (Å²) in [5.74, 6) is -0.178. The van der Waals surface area contributed by atoms with E-state index < -0.39 is 41.7 Å². The number of aryl methyl sites for hydroxylation is 1. The topological polar surface area (TPSA) is 234 Å². The third kappa shape index (κ3) is 7.36. The van der Waals surface area contributed by atoms with Gasteiger partial charge in [0.2, 0.25) is 11.2 Å². The maximum absolute atomic E-state index is 12.2. The molecule has 0 aliphatic carbocycles. The molecule has 0 bridgehead atoms. The Bertz CT molecular complexity index is 2030. The van der Waals surface area contributed by atoms with Crippen LogP contribution in [0.4, 0.5) is 39.4 Å². The summed E-state index contributed by atoms with van der Waals surface area (Å²) in [4.78, 5) is 22.3. The fourth-order valence-electron chi connectivity index (χ4n) is 3.73. The van der Waals surface area contributed by atoms with E-state index in [1.165, 1.54) is 44.3 Å². The fourth-order valence-corrected chi connectivity index (χ4v) is 5.57. The van der Waals surface area contributed by atoms with Crippen molar-refractivity contribution in [2.24, 2.45) is 16.0 Å². The van der Waals surface area contributed by atoms with Crippen LogP contribution in [0.15, 0.2) is 62.5 Å². The van der Waals surface area contributed by atoms with Crippen molar-refractivity contribution in [3.8, 4) is 0 Å². The number of nitrogens with two attached hydrogens (primary N) is 1. The largest absolute Gasteiger partial charge is 0.351 e. The minimum absolute atomic E-state index is 0.0273. The number of amides is 2. The zero-order valence-electron chi connectivity index (χ0n) is 21.6. The van der Waals surface area contributed by atoms with E-state index in [2.05, 4.69) is 30.5 Å². The van der Waals surface area contributed by atoms with Gasteiger partial charge in [-0.25, -0.2) is 9.21 Å². The van der Waals surface area contributed by atoms with Crippen LogP contribution in [0.25, 0.3) is 10.8 Å². The summed E-state index contributed by atoms with van der Waals surface area (Å²) < 4.78 is 70.0. The lowest BCUT2D eigenvalue weighted by atomic mass is 10.1. The first-order valence-electron chi connectivity index (χ1n) is 11.4. The molecule has 226 valence electrons. The van der Waals surface area contributed by atoms with Crippen LogP contribution in [0.5, 0.6) is 0 Å². The van der Waals surface area contributed by atoms with E-state index in [1.807, 2.05) is 0 Å². The highest BCUT2D eigenvalue weighted by Crippen LogP contribution is 2.38. The number of carbonyl (C=O) groups excluding carboxylic acids is 1. The number of nitrogens with zero attached hydrogens (tertiary/aromatic N) is 7. The van der Waals surface area contributed by atoms with Crippen LogP contribution in [0.3, 0.4) is 0 Å². The number of anilines is 4. The summed E-state index contributed by atoms with van der Waals surface area (Å²) in [6.45, 7) is 1.53. The standard InChI is InChI=1S/C22H18Cl3N9O7S2/c1-10-5-11-7-18(43(39,40)41)16(9-13(11)17(6-10)42(36,37)38)32-31-14-4-3-12(8-15(14)27-20(26)35)34(25)22-29-19(23)28-21(30-22)33(2)24/h3-9H,1-2H3,(H3,26,27,35)(H,36,37,38)(H,39,40,41). The lowest BCUT2D eigenvalue weighted by Gasteiger charge is -2.17. The molecule has 2 amide bonds. The van der Waals surface area contributed by atoms with Crippen molar-refractivity contribution in [3.05, 3.63) is 53.3 Å². The molecule has 16 nitrogen and oxygen atoms in total. The van der Waals surface area contributed by atoms with E-state index >= 15 is 0 Å². The molecule has 0 saturated heterocycles. The number of hydrogen-bond donors (Lipinski definition) is 4. The van der Waals surface area contributed by atoms with Gasteiger partial charge in [-0.3, -0.25) is 13.5 Å². The summed E-state index contributed by atoms with van der Waals surface area (Å²) in [6.07, 6.45) is 0. The van der Waals surface area contributed by atoms with Crippen molar-refractivity contribution in [2.45, 2.75) is 16.7 Å². The van der Waals surface area contributed by atoms with E-state index in [0.717, 1.165) is 21.0 Å². The van der Waals surface area contributed by atoms with Gasteiger partial charge in [-0.05, 0) is 65.9 Å². The van der Waals surface area contributed by atoms with Crippen molar-refractivity contribution < 1.29 is 30.7 Å². The third-order valence-electron chi connectivity index (χ3n) is 5.46. The summed E-state index contributed by atoms with van der Waals surface area (Å²) in [7, 11) is -8.21. The SMILES string of the molecule is Cc1cc(S(=O)(=O)O)c2cc(N=Nc3ccc(N(Cl)c4nc(Cl)nc(N(C)Cl)n4)cc3NC(N)=O)c(S(=O)(=O)O)cc2c1. The van der Waals surface area contributed by atoms with Gasteiger partial charge < -0.3 is 11.1 Å². The first-order valence-corrected chi connectivity index (χ1v) is 15.3. The fraction of sp³-hybridized carbons (Fsp3) is 0.0909. The molecule has 21 heteroatoms. The molecule has 43 heavy (non-hydrogen) atoms. The van der Waals surface area contributed by atoms with Gasteiger partial charge in [0, 0.05) is 36.0 Å². The summed E-state index contributed by atoms with van der Waals surface area (Å²) in [5.41, 5.74) is 5.19. The summed E-state index contributed by atoms with van der Waals surface area (Å²) >= 11 is 18.2. The van der Waals surface area contributed by atoms with Crippen LogP contribution in [0.2, 0.25) is 5.28 Å². The van der Waals surface area contributed by atoms with Crippen molar-refractivity contribution in [2.75, 3.05) is 21.2 Å². The number of halogens is 3. The van der Waals surface area contributed by atoms with Crippen LogP contribution < -0.4 is 19.9 Å². The quantitative estimate of drug-likeness (QED) is 0.105. The predicted molar refractivity (Wildman–Crippen MR) is 159 cm³/mol. The molecule has 3 aromatic carbocycles. The monoisotopic (exact) mass is 689 g/mol. The number of azo groups is 1. The lowest BCUT2D eigenvalue weighted by molar-refractivity contribution is 0.259. The Morgan fingerprint density at radius 3 is 2.14 bits per heavy atom. The van der Waals surface area contributed by atoms with Crippen LogP contribution in [-0.2, 0) is 20.2 Å². The van der Waals surface area contributed by atoms with Crippen LogP contribution in [-0.4, -0.2) is 54.0 Å². The Balaban J connectivity index is 1.85. The van der Waals surface area contributed by atoms with E-state index in [1.54, 1.807) is 0 Å². The van der Waals surface area contributed by atoms with Crippen molar-refractivity contribution >= 4 is 107 Å². The maximum Gasteiger partial charge on any atom is 0.316 e. The smallest absolute Gasteiger partial charge is 0.316 e. The molecule has 1 heterocycles. The summed E-state index contributed by atoms with van der Waals surface area (Å²) in [6, 6.07) is 7.57. The van der Waals surface area contributed by atoms with Gasteiger partial charge in [0.1, 0.15) is 21.2 Å².